The second kappa shape index (κ2) is 8.70. The van der Waals surface area contributed by atoms with Crippen molar-refractivity contribution in [2.75, 3.05) is 0 Å². The predicted molar refractivity (Wildman–Crippen MR) is 117 cm³/mol. The number of hydrogen-bond acceptors (Lipinski definition) is 2. The maximum Gasteiger partial charge on any atom is 0.304 e. The van der Waals surface area contributed by atoms with Gasteiger partial charge in [0.2, 0.25) is 12.3 Å². The van der Waals surface area contributed by atoms with Gasteiger partial charge in [-0.2, -0.15) is 0 Å². The van der Waals surface area contributed by atoms with Crippen LogP contribution >= 0.6 is 11.6 Å². The number of hydrazone groups is 1. The van der Waals surface area contributed by atoms with Crippen LogP contribution in [0.1, 0.15) is 33.1 Å². The number of benzene rings is 3. The summed E-state index contributed by atoms with van der Waals surface area (Å²) in [4.78, 5) is 25.6. The predicted octanol–water partition coefficient (Wildman–Crippen LogP) is 3.80. The van der Waals surface area contributed by atoms with E-state index in [4.69, 9.17) is 11.6 Å². The van der Waals surface area contributed by atoms with E-state index in [1.165, 1.54) is 24.3 Å². The molecule has 0 radical (unpaired) electrons. The van der Waals surface area contributed by atoms with Gasteiger partial charge < -0.3 is 5.32 Å². The van der Waals surface area contributed by atoms with E-state index in [1.807, 2.05) is 49.5 Å². The Morgan fingerprint density at radius 2 is 1.74 bits per heavy atom. The van der Waals surface area contributed by atoms with E-state index in [1.54, 1.807) is 16.8 Å². The molecule has 7 heteroatoms. The lowest BCUT2D eigenvalue weighted by atomic mass is 9.99. The molecule has 31 heavy (non-hydrogen) atoms. The number of amides is 2. The largest absolute Gasteiger partial charge is 0.334 e. The monoisotopic (exact) mass is 436 g/mol. The Hall–Kier alpha value is -3.51. The van der Waals surface area contributed by atoms with Crippen LogP contribution in [0, 0.1) is 12.7 Å². The van der Waals surface area contributed by atoms with Crippen LogP contribution in [0.15, 0.2) is 72.8 Å². The molecule has 1 aliphatic heterocycles. The summed E-state index contributed by atoms with van der Waals surface area (Å²) in [6, 6.07) is 18.7. The van der Waals surface area contributed by atoms with Gasteiger partial charge in [0, 0.05) is 21.7 Å². The van der Waals surface area contributed by atoms with Crippen LogP contribution in [0.25, 0.3) is 0 Å². The highest BCUT2D eigenvalue weighted by Gasteiger charge is 2.47. The third-order valence-electron chi connectivity index (χ3n) is 5.21. The third-order valence-corrected chi connectivity index (χ3v) is 5.46. The van der Waals surface area contributed by atoms with E-state index >= 15 is 0 Å². The van der Waals surface area contributed by atoms with Crippen LogP contribution in [0.2, 0.25) is 5.02 Å². The number of nitrogens with one attached hydrogen (secondary N) is 2. The van der Waals surface area contributed by atoms with Crippen LogP contribution in [0.5, 0.6) is 0 Å². The van der Waals surface area contributed by atoms with Crippen molar-refractivity contribution in [3.05, 3.63) is 106 Å². The molecule has 0 bridgehead atoms. The van der Waals surface area contributed by atoms with Gasteiger partial charge in [0.1, 0.15) is 5.82 Å². The van der Waals surface area contributed by atoms with Gasteiger partial charge in [0.15, 0.2) is 6.04 Å². The highest BCUT2D eigenvalue weighted by Crippen LogP contribution is 2.27. The third kappa shape index (κ3) is 4.49. The Morgan fingerprint density at radius 3 is 2.42 bits per heavy atom. The van der Waals surface area contributed by atoms with Crippen molar-refractivity contribution in [3.8, 4) is 0 Å². The van der Waals surface area contributed by atoms with E-state index in [-0.39, 0.29) is 11.5 Å². The van der Waals surface area contributed by atoms with Crippen LogP contribution in [-0.2, 0) is 4.79 Å². The van der Waals surface area contributed by atoms with Crippen molar-refractivity contribution in [2.24, 2.45) is 0 Å². The first-order chi connectivity index (χ1) is 14.9. The van der Waals surface area contributed by atoms with Gasteiger partial charge >= 0.3 is 5.91 Å². The average molecular weight is 437 g/mol. The number of aryl methyl sites for hydroxylation is 1. The molecule has 0 aliphatic carbocycles. The molecule has 2 N–H and O–H groups in total. The molecule has 156 valence electrons. The van der Waals surface area contributed by atoms with Crippen LogP contribution in [0.3, 0.4) is 0 Å². The first kappa shape index (κ1) is 20.8. The van der Waals surface area contributed by atoms with Crippen molar-refractivity contribution < 1.29 is 18.7 Å². The van der Waals surface area contributed by atoms with Gasteiger partial charge in [0.05, 0.1) is 0 Å². The van der Waals surface area contributed by atoms with Gasteiger partial charge in [-0.25, -0.2) is 4.39 Å². The maximum absolute atomic E-state index is 13.2. The lowest BCUT2D eigenvalue weighted by Gasteiger charge is -2.15. The number of rotatable bonds is 4. The average Bonchev–Trinajstić information content (AvgIpc) is 3.05. The Kier molecular flexibility index (Phi) is 5.82. The van der Waals surface area contributed by atoms with E-state index in [0.717, 1.165) is 16.7 Å². The van der Waals surface area contributed by atoms with Gasteiger partial charge in [0.25, 0.3) is 5.91 Å². The zero-order valence-electron chi connectivity index (χ0n) is 16.7. The van der Waals surface area contributed by atoms with Crippen molar-refractivity contribution in [1.29, 1.82) is 0 Å². The summed E-state index contributed by atoms with van der Waals surface area (Å²) in [7, 11) is 0. The van der Waals surface area contributed by atoms with Crippen molar-refractivity contribution in [1.82, 2.24) is 10.7 Å². The van der Waals surface area contributed by atoms with Crippen LogP contribution in [0.4, 0.5) is 4.39 Å². The molecule has 3 aromatic carbocycles. The minimum atomic E-state index is -0.862. The number of hydrogen-bond donors (Lipinski definition) is 2. The lowest BCUT2D eigenvalue weighted by Crippen LogP contribution is -2.42. The summed E-state index contributed by atoms with van der Waals surface area (Å²) < 4.78 is 14.9. The maximum atomic E-state index is 13.2. The van der Waals surface area contributed by atoms with Gasteiger partial charge in [-0.3, -0.25) is 9.59 Å². The zero-order chi connectivity index (χ0) is 22.0. The first-order valence-electron chi connectivity index (χ1n) is 9.73. The molecular weight excluding hydrogens is 417 g/mol. The quantitative estimate of drug-likeness (QED) is 0.611. The minimum absolute atomic E-state index is 0.269. The standard InChI is InChI=1S/C24H19ClFN3O2/c1-15-4-2-3-5-18(15)14-29-22(16-6-10-19(25)11-7-16)21(24(31)28-29)27-23(30)17-8-12-20(26)13-9-17/h2-14,21-22H,1H3,(H-,27,28,30,31)/p+1/b29-14-/t21-,22+/m1/s1. The SMILES string of the molecule is Cc1ccccc1/C=[N+]1\NC(=O)[C@H](NC(=O)c2ccc(F)cc2)[C@@H]1c1ccc(Cl)cc1. The topological polar surface area (TPSA) is 61.2 Å². The molecule has 1 aliphatic rings. The second-order valence-corrected chi connectivity index (χ2v) is 7.76. The molecule has 5 nitrogen and oxygen atoms in total. The molecule has 1 saturated heterocycles. The molecule has 1 heterocycles. The first-order valence-corrected chi connectivity index (χ1v) is 10.1. The molecule has 0 saturated carbocycles. The summed E-state index contributed by atoms with van der Waals surface area (Å²) in [5.74, 6) is -1.25. The molecule has 0 spiro atoms. The molecule has 4 rings (SSSR count). The molecule has 2 amide bonds. The minimum Gasteiger partial charge on any atom is -0.334 e. The Balaban J connectivity index is 1.71. The Morgan fingerprint density at radius 1 is 1.06 bits per heavy atom. The lowest BCUT2D eigenvalue weighted by molar-refractivity contribution is -0.596. The summed E-state index contributed by atoms with van der Waals surface area (Å²) in [5.41, 5.74) is 5.90. The number of halogens is 2. The summed E-state index contributed by atoms with van der Waals surface area (Å²) >= 11 is 6.04. The molecule has 1 fully saturated rings. The van der Waals surface area contributed by atoms with Gasteiger partial charge in [-0.1, -0.05) is 41.9 Å². The van der Waals surface area contributed by atoms with E-state index in [9.17, 15) is 14.0 Å². The second-order valence-electron chi connectivity index (χ2n) is 7.32. The smallest absolute Gasteiger partial charge is 0.304 e. The molecule has 2 atom stereocenters. The number of carbonyl (C=O) groups excluding carboxylic acids is 2. The Bertz CT molecular complexity index is 1160. The van der Waals surface area contributed by atoms with Gasteiger partial charge in [-0.05, 0) is 55.0 Å². The molecule has 3 aromatic rings. The Labute approximate surface area is 184 Å². The van der Waals surface area contributed by atoms with Crippen LogP contribution < -0.4 is 10.7 Å². The zero-order valence-corrected chi connectivity index (χ0v) is 17.4. The number of hydrazine groups is 1. The van der Waals surface area contributed by atoms with Crippen molar-refractivity contribution >= 4 is 29.6 Å². The van der Waals surface area contributed by atoms with Crippen molar-refractivity contribution in [2.45, 2.75) is 19.0 Å². The van der Waals surface area contributed by atoms with E-state index < -0.39 is 23.8 Å². The fourth-order valence-electron chi connectivity index (χ4n) is 3.55. The highest BCUT2D eigenvalue weighted by atomic mass is 35.5. The summed E-state index contributed by atoms with van der Waals surface area (Å²) in [6.45, 7) is 1.98. The summed E-state index contributed by atoms with van der Waals surface area (Å²) in [6.07, 6.45) is 1.84. The van der Waals surface area contributed by atoms with Crippen LogP contribution in [-0.4, -0.2) is 28.8 Å². The highest BCUT2D eigenvalue weighted by molar-refractivity contribution is 6.30. The molecular formula is C24H20ClFN3O2+. The normalized spacial score (nSPS) is 19.3. The molecule has 0 aromatic heterocycles. The van der Waals surface area contributed by atoms with Gasteiger partial charge in [-0.15, -0.1) is 10.1 Å². The number of nitrogens with zero attached hydrogens (tertiary/aromatic N) is 1. The van der Waals surface area contributed by atoms with E-state index in [0.29, 0.717) is 5.02 Å². The fourth-order valence-corrected chi connectivity index (χ4v) is 3.67. The fraction of sp³-hybridized carbons (Fsp3) is 0.125. The summed E-state index contributed by atoms with van der Waals surface area (Å²) in [5, 5.41) is 3.36. The van der Waals surface area contributed by atoms with E-state index in [2.05, 4.69) is 10.7 Å². The van der Waals surface area contributed by atoms with Crippen molar-refractivity contribution in [3.63, 3.8) is 0 Å². The molecule has 0 unspecified atom stereocenters. The number of carbonyl (C=O) groups is 2.